The molecule has 0 spiro atoms. The summed E-state index contributed by atoms with van der Waals surface area (Å²) in [4.78, 5) is 29.0. The molecule has 0 fully saturated rings. The summed E-state index contributed by atoms with van der Waals surface area (Å²) in [6.07, 6.45) is 0. The van der Waals surface area contributed by atoms with Crippen LogP contribution in [-0.2, 0) is 16.1 Å². The monoisotopic (exact) mass is 406 g/mol. The number of hydrogen-bond acceptors (Lipinski definition) is 7. The standard InChI is InChI=1S/C22H18N2O4S/c1-15-14-29-21(24-15)18(11-23)19(25)13-28-22(26)17-9-5-6-10-20(17)27-12-16-7-3-2-4-8-16/h2-10,14,18H,12-13H2,1H3. The summed E-state index contributed by atoms with van der Waals surface area (Å²) in [5, 5.41) is 11.5. The second-order valence-corrected chi connectivity index (χ2v) is 7.09. The van der Waals surface area contributed by atoms with Gasteiger partial charge in [-0.1, -0.05) is 42.5 Å². The molecule has 0 aliphatic rings. The van der Waals surface area contributed by atoms with Crippen molar-refractivity contribution >= 4 is 23.1 Å². The van der Waals surface area contributed by atoms with Gasteiger partial charge in [0, 0.05) is 11.1 Å². The predicted octanol–water partition coefficient (Wildman–Crippen LogP) is 4.06. The molecule has 1 atom stereocenters. The first-order valence-corrected chi connectivity index (χ1v) is 9.73. The van der Waals surface area contributed by atoms with Crippen LogP contribution in [0.4, 0.5) is 0 Å². The van der Waals surface area contributed by atoms with Crippen molar-refractivity contribution in [3.63, 3.8) is 0 Å². The van der Waals surface area contributed by atoms with Crippen LogP contribution < -0.4 is 4.74 Å². The molecule has 0 amide bonds. The van der Waals surface area contributed by atoms with Gasteiger partial charge in [-0.05, 0) is 24.6 Å². The average molecular weight is 406 g/mol. The highest BCUT2D eigenvalue weighted by molar-refractivity contribution is 7.09. The van der Waals surface area contributed by atoms with Crippen LogP contribution in [0.5, 0.6) is 5.75 Å². The smallest absolute Gasteiger partial charge is 0.342 e. The van der Waals surface area contributed by atoms with E-state index < -0.39 is 24.3 Å². The number of ether oxygens (including phenoxy) is 2. The van der Waals surface area contributed by atoms with Crippen molar-refractivity contribution in [1.29, 1.82) is 5.26 Å². The molecule has 3 aromatic rings. The van der Waals surface area contributed by atoms with E-state index in [1.54, 1.807) is 36.6 Å². The van der Waals surface area contributed by atoms with Gasteiger partial charge in [0.1, 0.15) is 22.9 Å². The zero-order chi connectivity index (χ0) is 20.6. The fraction of sp³-hybridized carbons (Fsp3) is 0.182. The van der Waals surface area contributed by atoms with E-state index in [4.69, 9.17) is 9.47 Å². The van der Waals surface area contributed by atoms with Crippen molar-refractivity contribution < 1.29 is 19.1 Å². The molecule has 2 aromatic carbocycles. The van der Waals surface area contributed by atoms with E-state index in [0.29, 0.717) is 17.4 Å². The molecule has 0 N–H and O–H groups in total. The van der Waals surface area contributed by atoms with E-state index in [1.165, 1.54) is 11.3 Å². The molecule has 3 rings (SSSR count). The SMILES string of the molecule is Cc1csc(C(C#N)C(=O)COC(=O)c2ccccc2OCc2ccccc2)n1. The van der Waals surface area contributed by atoms with E-state index in [2.05, 4.69) is 4.98 Å². The molecule has 146 valence electrons. The number of para-hydroxylation sites is 1. The maximum Gasteiger partial charge on any atom is 0.342 e. The Labute approximate surface area is 172 Å². The molecular formula is C22H18N2O4S. The summed E-state index contributed by atoms with van der Waals surface area (Å²) < 4.78 is 10.9. The molecule has 0 saturated carbocycles. The van der Waals surface area contributed by atoms with E-state index in [9.17, 15) is 14.9 Å². The first kappa shape index (κ1) is 20.2. The zero-order valence-corrected chi connectivity index (χ0v) is 16.5. The van der Waals surface area contributed by atoms with Gasteiger partial charge in [0.05, 0.1) is 6.07 Å². The Hall–Kier alpha value is -3.50. The van der Waals surface area contributed by atoms with Crippen LogP contribution in [0.1, 0.15) is 32.5 Å². The summed E-state index contributed by atoms with van der Waals surface area (Å²) in [5.74, 6) is -1.89. The number of carbonyl (C=O) groups excluding carboxylic acids is 2. The number of carbonyl (C=O) groups is 2. The normalized spacial score (nSPS) is 11.3. The van der Waals surface area contributed by atoms with Crippen molar-refractivity contribution in [2.75, 3.05) is 6.61 Å². The van der Waals surface area contributed by atoms with Crippen LogP contribution in [0, 0.1) is 18.3 Å². The van der Waals surface area contributed by atoms with Gasteiger partial charge in [-0.3, -0.25) is 4.79 Å². The maximum atomic E-state index is 12.5. The third-order valence-corrected chi connectivity index (χ3v) is 5.05. The number of aromatic nitrogens is 1. The topological polar surface area (TPSA) is 89.3 Å². The van der Waals surface area contributed by atoms with E-state index in [0.717, 1.165) is 11.3 Å². The second kappa shape index (κ2) is 9.62. The highest BCUT2D eigenvalue weighted by Crippen LogP contribution is 2.23. The average Bonchev–Trinajstić information content (AvgIpc) is 3.17. The molecule has 0 saturated heterocycles. The second-order valence-electron chi connectivity index (χ2n) is 6.20. The molecule has 29 heavy (non-hydrogen) atoms. The molecule has 7 heteroatoms. The number of nitriles is 1. The van der Waals surface area contributed by atoms with Crippen molar-refractivity contribution in [1.82, 2.24) is 4.98 Å². The number of esters is 1. The molecule has 1 aromatic heterocycles. The van der Waals surface area contributed by atoms with E-state index >= 15 is 0 Å². The largest absolute Gasteiger partial charge is 0.488 e. The molecular weight excluding hydrogens is 388 g/mol. The number of Topliss-reactive ketones (excluding diaryl/α,β-unsaturated/α-hetero) is 1. The molecule has 6 nitrogen and oxygen atoms in total. The predicted molar refractivity (Wildman–Crippen MR) is 108 cm³/mol. The molecule has 0 aliphatic heterocycles. The third-order valence-electron chi connectivity index (χ3n) is 4.02. The Morgan fingerprint density at radius 1 is 1.14 bits per heavy atom. The lowest BCUT2D eigenvalue weighted by atomic mass is 10.1. The number of aryl methyl sites for hydroxylation is 1. The van der Waals surface area contributed by atoms with Crippen LogP contribution >= 0.6 is 11.3 Å². The van der Waals surface area contributed by atoms with Gasteiger partial charge in [-0.2, -0.15) is 5.26 Å². The Morgan fingerprint density at radius 3 is 2.55 bits per heavy atom. The lowest BCUT2D eigenvalue weighted by Crippen LogP contribution is -2.20. The van der Waals surface area contributed by atoms with Gasteiger partial charge in [-0.25, -0.2) is 9.78 Å². The van der Waals surface area contributed by atoms with Gasteiger partial charge >= 0.3 is 5.97 Å². The molecule has 1 heterocycles. The highest BCUT2D eigenvalue weighted by Gasteiger charge is 2.25. The summed E-state index contributed by atoms with van der Waals surface area (Å²) in [6.45, 7) is 1.57. The van der Waals surface area contributed by atoms with Crippen molar-refractivity contribution in [2.24, 2.45) is 0 Å². The summed E-state index contributed by atoms with van der Waals surface area (Å²) in [5.41, 5.74) is 1.91. The van der Waals surface area contributed by atoms with Crippen LogP contribution in [0.15, 0.2) is 60.0 Å². The number of rotatable bonds is 8. The number of hydrogen-bond donors (Lipinski definition) is 0. The minimum Gasteiger partial charge on any atom is -0.488 e. The van der Waals surface area contributed by atoms with Crippen LogP contribution in [0.3, 0.4) is 0 Å². The minimum absolute atomic E-state index is 0.217. The van der Waals surface area contributed by atoms with Crippen molar-refractivity contribution in [2.45, 2.75) is 19.4 Å². The number of benzene rings is 2. The van der Waals surface area contributed by atoms with Gasteiger partial charge in [0.2, 0.25) is 0 Å². The fourth-order valence-electron chi connectivity index (χ4n) is 2.56. The Bertz CT molecular complexity index is 1040. The Kier molecular flexibility index (Phi) is 6.72. The van der Waals surface area contributed by atoms with Crippen LogP contribution in [0.2, 0.25) is 0 Å². The lowest BCUT2D eigenvalue weighted by Gasteiger charge is -2.11. The van der Waals surface area contributed by atoms with Gasteiger partial charge < -0.3 is 9.47 Å². The first-order chi connectivity index (χ1) is 14.1. The lowest BCUT2D eigenvalue weighted by molar-refractivity contribution is -0.122. The summed E-state index contributed by atoms with van der Waals surface area (Å²) in [7, 11) is 0. The van der Waals surface area contributed by atoms with Gasteiger partial charge in [0.15, 0.2) is 18.3 Å². The highest BCUT2D eigenvalue weighted by atomic mass is 32.1. The number of thiazole rings is 1. The Balaban J connectivity index is 1.63. The number of nitrogens with zero attached hydrogens (tertiary/aromatic N) is 2. The van der Waals surface area contributed by atoms with Crippen LogP contribution in [0.25, 0.3) is 0 Å². The minimum atomic E-state index is -1.05. The first-order valence-electron chi connectivity index (χ1n) is 8.85. The van der Waals surface area contributed by atoms with Gasteiger partial charge in [-0.15, -0.1) is 11.3 Å². The summed E-state index contributed by atoms with van der Waals surface area (Å²) in [6, 6.07) is 18.1. The number of ketones is 1. The quantitative estimate of drug-likeness (QED) is 0.524. The van der Waals surface area contributed by atoms with Crippen molar-refractivity contribution in [3.8, 4) is 11.8 Å². The Morgan fingerprint density at radius 2 is 1.86 bits per heavy atom. The zero-order valence-electron chi connectivity index (χ0n) is 15.7. The van der Waals surface area contributed by atoms with E-state index in [-0.39, 0.29) is 5.56 Å². The molecule has 0 aliphatic carbocycles. The maximum absolute atomic E-state index is 12.5. The molecule has 0 radical (unpaired) electrons. The summed E-state index contributed by atoms with van der Waals surface area (Å²) >= 11 is 1.23. The van der Waals surface area contributed by atoms with Crippen molar-refractivity contribution in [3.05, 3.63) is 81.8 Å². The molecule has 1 unspecified atom stereocenters. The van der Waals surface area contributed by atoms with E-state index in [1.807, 2.05) is 36.4 Å². The van der Waals surface area contributed by atoms with Gasteiger partial charge in [0.25, 0.3) is 0 Å². The van der Waals surface area contributed by atoms with Crippen LogP contribution in [-0.4, -0.2) is 23.3 Å². The third kappa shape index (κ3) is 5.27. The molecule has 0 bridgehead atoms. The fourth-order valence-corrected chi connectivity index (χ4v) is 3.42.